The van der Waals surface area contributed by atoms with Crippen molar-refractivity contribution >= 4 is 32.7 Å². The van der Waals surface area contributed by atoms with E-state index in [2.05, 4.69) is 22.0 Å². The summed E-state index contributed by atoms with van der Waals surface area (Å²) < 4.78 is 0. The molecule has 0 saturated heterocycles. The molecule has 0 aliphatic carbocycles. The molecule has 2 aromatic carbocycles. The number of carboxylic acid groups (broad SMARTS) is 1. The van der Waals surface area contributed by atoms with Crippen molar-refractivity contribution in [3.8, 4) is 0 Å². The van der Waals surface area contributed by atoms with Crippen LogP contribution in [0.1, 0.15) is 11.1 Å². The van der Waals surface area contributed by atoms with Crippen LogP contribution in [0.3, 0.4) is 0 Å². The maximum Gasteiger partial charge on any atom is 0.307 e. The van der Waals surface area contributed by atoms with Crippen LogP contribution < -0.4 is 0 Å². The lowest BCUT2D eigenvalue weighted by Crippen LogP contribution is -2.00. The van der Waals surface area contributed by atoms with Crippen LogP contribution in [0.5, 0.6) is 0 Å². The number of hydrogen-bond acceptors (Lipinski definition) is 1. The minimum atomic E-state index is -0.796. The van der Waals surface area contributed by atoms with Gasteiger partial charge in [-0.05, 0) is 21.9 Å². The average Bonchev–Trinajstić information content (AvgIpc) is 2.27. The molecule has 3 heteroatoms. The van der Waals surface area contributed by atoms with Crippen LogP contribution in [0.25, 0.3) is 10.8 Å². The molecule has 0 saturated carbocycles. The van der Waals surface area contributed by atoms with E-state index in [-0.39, 0.29) is 6.42 Å². The van der Waals surface area contributed by atoms with Crippen LogP contribution in [-0.4, -0.2) is 11.1 Å². The number of halogens is 1. The van der Waals surface area contributed by atoms with E-state index < -0.39 is 5.97 Å². The van der Waals surface area contributed by atoms with Gasteiger partial charge in [0.25, 0.3) is 0 Å². The SMILES string of the molecule is O=C(O)Cc1cc(CBr)c2ccccc2c1. The monoisotopic (exact) mass is 278 g/mol. The summed E-state index contributed by atoms with van der Waals surface area (Å²) in [4.78, 5) is 10.7. The molecule has 0 heterocycles. The van der Waals surface area contributed by atoms with Crippen molar-refractivity contribution in [1.82, 2.24) is 0 Å². The zero-order valence-corrected chi connectivity index (χ0v) is 10.2. The van der Waals surface area contributed by atoms with E-state index in [4.69, 9.17) is 5.11 Å². The molecule has 0 aliphatic heterocycles. The van der Waals surface area contributed by atoms with Crippen LogP contribution in [-0.2, 0) is 16.5 Å². The maximum absolute atomic E-state index is 10.7. The molecular formula is C13H11BrO2. The van der Waals surface area contributed by atoms with Gasteiger partial charge in [0, 0.05) is 5.33 Å². The van der Waals surface area contributed by atoms with Crippen LogP contribution in [0.4, 0.5) is 0 Å². The molecule has 0 spiro atoms. The van der Waals surface area contributed by atoms with Gasteiger partial charge in [-0.2, -0.15) is 0 Å². The molecular weight excluding hydrogens is 268 g/mol. The number of fused-ring (bicyclic) bond motifs is 1. The Labute approximate surface area is 102 Å². The van der Waals surface area contributed by atoms with E-state index in [9.17, 15) is 4.79 Å². The van der Waals surface area contributed by atoms with Crippen molar-refractivity contribution in [2.75, 3.05) is 0 Å². The van der Waals surface area contributed by atoms with Crippen LogP contribution >= 0.6 is 15.9 Å². The van der Waals surface area contributed by atoms with Gasteiger partial charge in [-0.1, -0.05) is 52.3 Å². The average molecular weight is 279 g/mol. The zero-order chi connectivity index (χ0) is 11.5. The molecule has 0 atom stereocenters. The number of benzene rings is 2. The molecule has 0 aromatic heterocycles. The van der Waals surface area contributed by atoms with Gasteiger partial charge in [0.15, 0.2) is 0 Å². The fourth-order valence-electron chi connectivity index (χ4n) is 1.85. The van der Waals surface area contributed by atoms with E-state index in [1.54, 1.807) is 0 Å². The predicted molar refractivity (Wildman–Crippen MR) is 67.9 cm³/mol. The molecule has 0 amide bonds. The number of carbonyl (C=O) groups is 1. The Morgan fingerprint density at radius 1 is 1.25 bits per heavy atom. The van der Waals surface area contributed by atoms with Crippen LogP contribution in [0.15, 0.2) is 36.4 Å². The number of carboxylic acids is 1. The Morgan fingerprint density at radius 2 is 2.00 bits per heavy atom. The summed E-state index contributed by atoms with van der Waals surface area (Å²) in [6.45, 7) is 0. The first-order chi connectivity index (χ1) is 7.70. The zero-order valence-electron chi connectivity index (χ0n) is 8.61. The van der Waals surface area contributed by atoms with Crippen molar-refractivity contribution in [3.63, 3.8) is 0 Å². The number of aliphatic carboxylic acids is 1. The number of hydrogen-bond donors (Lipinski definition) is 1. The summed E-state index contributed by atoms with van der Waals surface area (Å²) in [5.74, 6) is -0.796. The van der Waals surface area contributed by atoms with Gasteiger partial charge < -0.3 is 5.11 Å². The summed E-state index contributed by atoms with van der Waals surface area (Å²) >= 11 is 3.43. The molecule has 2 aromatic rings. The Balaban J connectivity index is 2.58. The first-order valence-corrected chi connectivity index (χ1v) is 6.11. The molecule has 0 unspecified atom stereocenters. The van der Waals surface area contributed by atoms with E-state index in [0.717, 1.165) is 21.8 Å². The third-order valence-corrected chi connectivity index (χ3v) is 3.11. The highest BCUT2D eigenvalue weighted by Gasteiger charge is 2.05. The summed E-state index contributed by atoms with van der Waals surface area (Å²) in [7, 11) is 0. The van der Waals surface area contributed by atoms with E-state index >= 15 is 0 Å². The van der Waals surface area contributed by atoms with Gasteiger partial charge in [0.05, 0.1) is 6.42 Å². The maximum atomic E-state index is 10.7. The summed E-state index contributed by atoms with van der Waals surface area (Å²) in [5, 5.41) is 11.8. The van der Waals surface area contributed by atoms with Crippen molar-refractivity contribution in [1.29, 1.82) is 0 Å². The Kier molecular flexibility index (Phi) is 3.25. The molecule has 2 nitrogen and oxygen atoms in total. The van der Waals surface area contributed by atoms with Crippen LogP contribution in [0, 0.1) is 0 Å². The largest absolute Gasteiger partial charge is 0.481 e. The highest BCUT2D eigenvalue weighted by atomic mass is 79.9. The highest BCUT2D eigenvalue weighted by molar-refractivity contribution is 9.08. The minimum absolute atomic E-state index is 0.0742. The molecule has 0 radical (unpaired) electrons. The standard InChI is InChI=1S/C13H11BrO2/c14-8-11-6-9(7-13(15)16)5-10-3-1-2-4-12(10)11/h1-6H,7-8H2,(H,15,16). The van der Waals surface area contributed by atoms with Crippen molar-refractivity contribution < 1.29 is 9.90 Å². The van der Waals surface area contributed by atoms with Gasteiger partial charge in [0.2, 0.25) is 0 Å². The number of rotatable bonds is 3. The van der Waals surface area contributed by atoms with Crippen molar-refractivity contribution in [2.45, 2.75) is 11.8 Å². The predicted octanol–water partition coefficient (Wildman–Crippen LogP) is 3.36. The second kappa shape index (κ2) is 4.66. The van der Waals surface area contributed by atoms with E-state index in [1.807, 2.05) is 30.3 Å². The molecule has 82 valence electrons. The van der Waals surface area contributed by atoms with E-state index in [0.29, 0.717) is 0 Å². The van der Waals surface area contributed by atoms with Crippen molar-refractivity contribution in [3.05, 3.63) is 47.5 Å². The third kappa shape index (κ3) is 2.25. The molecule has 0 fully saturated rings. The normalized spacial score (nSPS) is 10.6. The Hall–Kier alpha value is -1.35. The molecule has 0 bridgehead atoms. The fraction of sp³-hybridized carbons (Fsp3) is 0.154. The number of alkyl halides is 1. The first-order valence-electron chi connectivity index (χ1n) is 4.99. The molecule has 0 aliphatic rings. The van der Waals surface area contributed by atoms with Gasteiger partial charge in [0.1, 0.15) is 0 Å². The van der Waals surface area contributed by atoms with Crippen LogP contribution in [0.2, 0.25) is 0 Å². The summed E-state index contributed by atoms with van der Waals surface area (Å²) in [6, 6.07) is 11.9. The molecule has 2 rings (SSSR count). The van der Waals surface area contributed by atoms with Gasteiger partial charge >= 0.3 is 5.97 Å². The smallest absolute Gasteiger partial charge is 0.307 e. The topological polar surface area (TPSA) is 37.3 Å². The van der Waals surface area contributed by atoms with Crippen molar-refractivity contribution in [2.24, 2.45) is 0 Å². The van der Waals surface area contributed by atoms with Gasteiger partial charge in [-0.3, -0.25) is 4.79 Å². The van der Waals surface area contributed by atoms with Gasteiger partial charge in [-0.15, -0.1) is 0 Å². The third-order valence-electron chi connectivity index (χ3n) is 2.51. The molecule has 16 heavy (non-hydrogen) atoms. The quantitative estimate of drug-likeness (QED) is 0.875. The minimum Gasteiger partial charge on any atom is -0.481 e. The van der Waals surface area contributed by atoms with Gasteiger partial charge in [-0.25, -0.2) is 0 Å². The second-order valence-electron chi connectivity index (χ2n) is 3.68. The second-order valence-corrected chi connectivity index (χ2v) is 4.24. The lowest BCUT2D eigenvalue weighted by Gasteiger charge is -2.06. The Bertz CT molecular complexity index is 534. The molecule has 1 N–H and O–H groups in total. The van der Waals surface area contributed by atoms with E-state index in [1.165, 1.54) is 5.39 Å². The fourth-order valence-corrected chi connectivity index (χ4v) is 2.31. The lowest BCUT2D eigenvalue weighted by molar-refractivity contribution is -0.136. The lowest BCUT2D eigenvalue weighted by atomic mass is 10.0. The summed E-state index contributed by atoms with van der Waals surface area (Å²) in [6.07, 6.45) is 0.0742. The summed E-state index contributed by atoms with van der Waals surface area (Å²) in [5.41, 5.74) is 1.98. The Morgan fingerprint density at radius 3 is 2.69 bits per heavy atom. The first kappa shape index (κ1) is 11.1. The highest BCUT2D eigenvalue weighted by Crippen LogP contribution is 2.23.